The predicted octanol–water partition coefficient (Wildman–Crippen LogP) is 3.75. The van der Waals surface area contributed by atoms with Crippen LogP contribution >= 0.6 is 23.2 Å². The van der Waals surface area contributed by atoms with E-state index in [1.165, 1.54) is 38.0 Å². The van der Waals surface area contributed by atoms with Gasteiger partial charge in [0.1, 0.15) is 0 Å². The second-order valence-electron chi connectivity index (χ2n) is 5.54. The third-order valence-electron chi connectivity index (χ3n) is 4.36. The van der Waals surface area contributed by atoms with E-state index in [1.54, 1.807) is 0 Å². The SMILES string of the molecule is ClCc1cc(Cl)ccc1N1CCN2CCCCC2C1. The third kappa shape index (κ3) is 2.86. The Morgan fingerprint density at radius 3 is 2.89 bits per heavy atom. The molecule has 0 aromatic heterocycles. The molecule has 2 saturated heterocycles. The van der Waals surface area contributed by atoms with Crippen molar-refractivity contribution in [3.8, 4) is 0 Å². The van der Waals surface area contributed by atoms with Crippen LogP contribution in [0.25, 0.3) is 0 Å². The Labute approximate surface area is 125 Å². The Hall–Kier alpha value is -0.440. The van der Waals surface area contributed by atoms with Gasteiger partial charge in [0.05, 0.1) is 0 Å². The molecule has 0 spiro atoms. The van der Waals surface area contributed by atoms with Gasteiger partial charge >= 0.3 is 0 Å². The number of alkyl halides is 1. The maximum atomic E-state index is 6.06. The first-order valence-electron chi connectivity index (χ1n) is 7.11. The van der Waals surface area contributed by atoms with Gasteiger partial charge in [-0.1, -0.05) is 18.0 Å². The topological polar surface area (TPSA) is 6.48 Å². The zero-order chi connectivity index (χ0) is 13.2. The first-order valence-corrected chi connectivity index (χ1v) is 8.02. The fraction of sp³-hybridized carbons (Fsp3) is 0.600. The van der Waals surface area contributed by atoms with Crippen LogP contribution in [0.2, 0.25) is 5.02 Å². The number of hydrogen-bond donors (Lipinski definition) is 0. The van der Waals surface area contributed by atoms with Gasteiger partial charge in [0.2, 0.25) is 0 Å². The van der Waals surface area contributed by atoms with E-state index in [-0.39, 0.29) is 0 Å². The molecule has 2 fully saturated rings. The molecule has 0 saturated carbocycles. The molecule has 2 heterocycles. The van der Waals surface area contributed by atoms with Crippen LogP contribution in [0.1, 0.15) is 24.8 Å². The van der Waals surface area contributed by atoms with Crippen LogP contribution in [0, 0.1) is 0 Å². The Bertz CT molecular complexity index is 450. The van der Waals surface area contributed by atoms with E-state index in [0.29, 0.717) is 5.88 Å². The summed E-state index contributed by atoms with van der Waals surface area (Å²) in [6.45, 7) is 4.68. The van der Waals surface area contributed by atoms with Gasteiger partial charge in [-0.3, -0.25) is 4.90 Å². The lowest BCUT2D eigenvalue weighted by atomic mass is 9.99. The number of rotatable bonds is 2. The molecule has 4 heteroatoms. The van der Waals surface area contributed by atoms with Crippen molar-refractivity contribution in [1.82, 2.24) is 4.90 Å². The lowest BCUT2D eigenvalue weighted by molar-refractivity contribution is 0.133. The van der Waals surface area contributed by atoms with E-state index < -0.39 is 0 Å². The zero-order valence-corrected chi connectivity index (χ0v) is 12.6. The molecular formula is C15H20Cl2N2. The highest BCUT2D eigenvalue weighted by Crippen LogP contribution is 2.29. The minimum atomic E-state index is 0.529. The van der Waals surface area contributed by atoms with Crippen molar-refractivity contribution in [2.24, 2.45) is 0 Å². The van der Waals surface area contributed by atoms with Crippen LogP contribution in [0.3, 0.4) is 0 Å². The maximum absolute atomic E-state index is 6.06. The number of piperidine rings is 1. The fourth-order valence-electron chi connectivity index (χ4n) is 3.34. The number of anilines is 1. The molecule has 2 aliphatic rings. The molecule has 1 aromatic carbocycles. The van der Waals surface area contributed by atoms with E-state index in [1.807, 2.05) is 12.1 Å². The normalized spacial score (nSPS) is 24.3. The second-order valence-corrected chi connectivity index (χ2v) is 6.24. The molecular weight excluding hydrogens is 279 g/mol. The molecule has 1 unspecified atom stereocenters. The van der Waals surface area contributed by atoms with Crippen molar-refractivity contribution in [2.45, 2.75) is 31.2 Å². The monoisotopic (exact) mass is 298 g/mol. The van der Waals surface area contributed by atoms with E-state index in [0.717, 1.165) is 29.7 Å². The standard InChI is InChI=1S/C15H20Cl2N2/c16-10-12-9-13(17)4-5-15(12)19-8-7-18-6-2-1-3-14(18)11-19/h4-5,9,14H,1-3,6-8,10-11H2. The molecule has 0 bridgehead atoms. The first-order chi connectivity index (χ1) is 9.28. The Balaban J connectivity index is 1.79. The smallest absolute Gasteiger partial charge is 0.0495 e. The van der Waals surface area contributed by atoms with Crippen molar-refractivity contribution in [2.75, 3.05) is 31.1 Å². The Morgan fingerprint density at radius 2 is 2.05 bits per heavy atom. The summed E-state index contributed by atoms with van der Waals surface area (Å²) in [5, 5.41) is 0.774. The van der Waals surface area contributed by atoms with Crippen LogP contribution < -0.4 is 4.90 Å². The van der Waals surface area contributed by atoms with Crippen molar-refractivity contribution in [1.29, 1.82) is 0 Å². The Morgan fingerprint density at radius 1 is 1.16 bits per heavy atom. The van der Waals surface area contributed by atoms with Crippen LogP contribution in [0.5, 0.6) is 0 Å². The molecule has 3 rings (SSSR count). The molecule has 0 N–H and O–H groups in total. The molecule has 104 valence electrons. The molecule has 0 amide bonds. The highest BCUT2D eigenvalue weighted by atomic mass is 35.5. The minimum absolute atomic E-state index is 0.529. The fourth-order valence-corrected chi connectivity index (χ4v) is 3.75. The third-order valence-corrected chi connectivity index (χ3v) is 4.89. The number of hydrogen-bond acceptors (Lipinski definition) is 2. The highest BCUT2D eigenvalue weighted by molar-refractivity contribution is 6.30. The summed E-state index contributed by atoms with van der Waals surface area (Å²) < 4.78 is 0. The average Bonchev–Trinajstić information content (AvgIpc) is 2.46. The summed E-state index contributed by atoms with van der Waals surface area (Å²) >= 11 is 12.1. The van der Waals surface area contributed by atoms with Gasteiger partial charge < -0.3 is 4.90 Å². The number of halogens is 2. The van der Waals surface area contributed by atoms with Crippen molar-refractivity contribution < 1.29 is 0 Å². The molecule has 1 atom stereocenters. The number of nitrogens with zero attached hydrogens (tertiary/aromatic N) is 2. The van der Waals surface area contributed by atoms with Crippen molar-refractivity contribution in [3.63, 3.8) is 0 Å². The van der Waals surface area contributed by atoms with Gasteiger partial charge in [-0.2, -0.15) is 0 Å². The van der Waals surface area contributed by atoms with Gasteiger partial charge in [-0.05, 0) is 43.1 Å². The summed E-state index contributed by atoms with van der Waals surface area (Å²) in [6, 6.07) is 6.82. The lowest BCUT2D eigenvalue weighted by Gasteiger charge is -2.45. The van der Waals surface area contributed by atoms with Gasteiger partial charge in [-0.25, -0.2) is 0 Å². The minimum Gasteiger partial charge on any atom is -0.368 e. The van der Waals surface area contributed by atoms with E-state index in [4.69, 9.17) is 23.2 Å². The largest absolute Gasteiger partial charge is 0.368 e. The number of benzene rings is 1. The lowest BCUT2D eigenvalue weighted by Crippen LogP contribution is -2.55. The summed E-state index contributed by atoms with van der Waals surface area (Å²) in [5.74, 6) is 0.529. The van der Waals surface area contributed by atoms with Gasteiger partial charge in [-0.15, -0.1) is 11.6 Å². The van der Waals surface area contributed by atoms with Crippen LogP contribution in [-0.4, -0.2) is 37.1 Å². The van der Waals surface area contributed by atoms with Gasteiger partial charge in [0.15, 0.2) is 0 Å². The van der Waals surface area contributed by atoms with Crippen LogP contribution in [0.4, 0.5) is 5.69 Å². The van der Waals surface area contributed by atoms with Crippen LogP contribution in [0.15, 0.2) is 18.2 Å². The average molecular weight is 299 g/mol. The van der Waals surface area contributed by atoms with Crippen molar-refractivity contribution >= 4 is 28.9 Å². The molecule has 0 aliphatic carbocycles. The summed E-state index contributed by atoms with van der Waals surface area (Å²) in [4.78, 5) is 5.14. The molecule has 2 nitrogen and oxygen atoms in total. The van der Waals surface area contributed by atoms with E-state index in [2.05, 4.69) is 15.9 Å². The highest BCUT2D eigenvalue weighted by Gasteiger charge is 2.29. The summed E-state index contributed by atoms with van der Waals surface area (Å²) in [7, 11) is 0. The molecule has 0 radical (unpaired) electrons. The Kier molecular flexibility index (Phi) is 4.21. The van der Waals surface area contributed by atoms with E-state index >= 15 is 0 Å². The summed E-state index contributed by atoms with van der Waals surface area (Å²) in [6.07, 6.45) is 4.07. The second kappa shape index (κ2) is 5.90. The predicted molar refractivity (Wildman–Crippen MR) is 82.4 cm³/mol. The van der Waals surface area contributed by atoms with Gasteiger partial charge in [0, 0.05) is 42.3 Å². The quantitative estimate of drug-likeness (QED) is 0.767. The molecule has 19 heavy (non-hydrogen) atoms. The van der Waals surface area contributed by atoms with Gasteiger partial charge in [0.25, 0.3) is 0 Å². The van der Waals surface area contributed by atoms with Crippen molar-refractivity contribution in [3.05, 3.63) is 28.8 Å². The molecule has 1 aromatic rings. The first kappa shape index (κ1) is 13.5. The zero-order valence-electron chi connectivity index (χ0n) is 11.1. The number of fused-ring (bicyclic) bond motifs is 1. The maximum Gasteiger partial charge on any atom is 0.0495 e. The van der Waals surface area contributed by atoms with E-state index in [9.17, 15) is 0 Å². The summed E-state index contributed by atoms with van der Waals surface area (Å²) in [5.41, 5.74) is 2.42. The van der Waals surface area contributed by atoms with Crippen LogP contribution in [-0.2, 0) is 5.88 Å². The molecule has 2 aliphatic heterocycles. The number of piperazine rings is 1.